The first-order valence-electron chi connectivity index (χ1n) is 9.21. The minimum Gasteiger partial charge on any atom is -0.378 e. The van der Waals surface area contributed by atoms with Crippen LogP contribution in [0.15, 0.2) is 29.3 Å². The van der Waals surface area contributed by atoms with Crippen molar-refractivity contribution in [3.8, 4) is 0 Å². The Balaban J connectivity index is 1.80. The van der Waals surface area contributed by atoms with Crippen molar-refractivity contribution in [2.24, 2.45) is 4.99 Å². The topological polar surface area (TPSA) is 52.6 Å². The second kappa shape index (κ2) is 10.2. The van der Waals surface area contributed by atoms with Gasteiger partial charge in [-0.2, -0.15) is 0 Å². The van der Waals surface area contributed by atoms with Gasteiger partial charge in [-0.05, 0) is 51.3 Å². The van der Waals surface area contributed by atoms with Crippen LogP contribution < -0.4 is 15.5 Å². The molecule has 0 aliphatic carbocycles. The van der Waals surface area contributed by atoms with Crippen molar-refractivity contribution in [2.75, 3.05) is 32.1 Å². The molecule has 26 heavy (non-hydrogen) atoms. The molecule has 6 heteroatoms. The number of benzene rings is 1. The number of hydrogen-bond donors (Lipinski definition) is 2. The Morgan fingerprint density at radius 2 is 1.88 bits per heavy atom. The van der Waals surface area contributed by atoms with E-state index in [1.54, 1.807) is 11.3 Å². The van der Waals surface area contributed by atoms with Crippen LogP contribution in [0.25, 0.3) is 0 Å². The summed E-state index contributed by atoms with van der Waals surface area (Å²) in [7, 11) is 4.13. The van der Waals surface area contributed by atoms with E-state index in [2.05, 4.69) is 72.7 Å². The minimum absolute atomic E-state index is 0.679. The van der Waals surface area contributed by atoms with E-state index in [0.717, 1.165) is 42.6 Å². The number of aromatic nitrogens is 1. The van der Waals surface area contributed by atoms with Crippen molar-refractivity contribution < 1.29 is 0 Å². The number of nitrogens with one attached hydrogen (secondary N) is 2. The quantitative estimate of drug-likeness (QED) is 0.422. The molecule has 142 valence electrons. The van der Waals surface area contributed by atoms with Crippen LogP contribution in [0, 0.1) is 13.8 Å². The first-order valence-corrected chi connectivity index (χ1v) is 10.0. The molecule has 0 saturated carbocycles. The van der Waals surface area contributed by atoms with Gasteiger partial charge in [0, 0.05) is 37.7 Å². The zero-order valence-electron chi connectivity index (χ0n) is 16.6. The van der Waals surface area contributed by atoms with Crippen LogP contribution in [-0.2, 0) is 13.0 Å². The number of aryl methyl sites for hydroxylation is 3. The molecule has 1 heterocycles. The molecule has 0 aliphatic rings. The number of aliphatic imine (C=N–C) groups is 1. The van der Waals surface area contributed by atoms with Crippen molar-refractivity contribution >= 4 is 23.0 Å². The SMILES string of the molecule is CCNC(=NCc1sc(C)nc1C)NCCCc1ccc(N(C)C)cc1. The van der Waals surface area contributed by atoms with Gasteiger partial charge < -0.3 is 15.5 Å². The highest BCUT2D eigenvalue weighted by atomic mass is 32.1. The first kappa shape index (κ1) is 20.2. The van der Waals surface area contributed by atoms with Crippen LogP contribution in [0.4, 0.5) is 5.69 Å². The Labute approximate surface area is 161 Å². The second-order valence-electron chi connectivity index (χ2n) is 6.53. The van der Waals surface area contributed by atoms with Gasteiger partial charge in [0.05, 0.1) is 17.2 Å². The predicted octanol–water partition coefficient (Wildman–Crippen LogP) is 3.51. The average molecular weight is 374 g/mol. The second-order valence-corrected chi connectivity index (χ2v) is 7.82. The number of guanidine groups is 1. The van der Waals surface area contributed by atoms with Crippen molar-refractivity contribution in [3.63, 3.8) is 0 Å². The van der Waals surface area contributed by atoms with Crippen LogP contribution in [0.1, 0.15) is 34.5 Å². The summed E-state index contributed by atoms with van der Waals surface area (Å²) < 4.78 is 0. The molecule has 0 spiro atoms. The van der Waals surface area contributed by atoms with Crippen LogP contribution in [-0.4, -0.2) is 38.1 Å². The molecule has 0 bridgehead atoms. The van der Waals surface area contributed by atoms with Gasteiger partial charge in [0.2, 0.25) is 0 Å². The Kier molecular flexibility index (Phi) is 7.91. The highest BCUT2D eigenvalue weighted by Gasteiger charge is 2.05. The highest BCUT2D eigenvalue weighted by Crippen LogP contribution is 2.17. The molecule has 0 aliphatic heterocycles. The summed E-state index contributed by atoms with van der Waals surface area (Å²) in [5.41, 5.74) is 3.70. The van der Waals surface area contributed by atoms with Crippen molar-refractivity contribution in [1.29, 1.82) is 0 Å². The maximum atomic E-state index is 4.69. The molecule has 0 radical (unpaired) electrons. The lowest BCUT2D eigenvalue weighted by atomic mass is 10.1. The van der Waals surface area contributed by atoms with Gasteiger partial charge in [0.15, 0.2) is 5.96 Å². The smallest absolute Gasteiger partial charge is 0.191 e. The third-order valence-corrected chi connectivity index (χ3v) is 5.17. The zero-order valence-corrected chi connectivity index (χ0v) is 17.4. The lowest BCUT2D eigenvalue weighted by molar-refractivity contribution is 0.744. The Morgan fingerprint density at radius 3 is 2.46 bits per heavy atom. The van der Waals surface area contributed by atoms with Crippen LogP contribution >= 0.6 is 11.3 Å². The van der Waals surface area contributed by atoms with E-state index in [1.165, 1.54) is 16.1 Å². The molecule has 1 aromatic carbocycles. The van der Waals surface area contributed by atoms with E-state index in [9.17, 15) is 0 Å². The average Bonchev–Trinajstić information content (AvgIpc) is 2.94. The number of rotatable bonds is 8. The maximum absolute atomic E-state index is 4.69. The van der Waals surface area contributed by atoms with Crippen LogP contribution in [0.2, 0.25) is 0 Å². The highest BCUT2D eigenvalue weighted by molar-refractivity contribution is 7.11. The summed E-state index contributed by atoms with van der Waals surface area (Å²) in [6.07, 6.45) is 2.14. The fourth-order valence-corrected chi connectivity index (χ4v) is 3.53. The molecule has 2 rings (SSSR count). The van der Waals surface area contributed by atoms with Crippen LogP contribution in [0.5, 0.6) is 0 Å². The molecular formula is C20H31N5S. The third kappa shape index (κ3) is 6.33. The summed E-state index contributed by atoms with van der Waals surface area (Å²) in [5, 5.41) is 7.85. The van der Waals surface area contributed by atoms with Crippen molar-refractivity contribution in [2.45, 2.75) is 40.2 Å². The molecule has 0 atom stereocenters. The van der Waals surface area contributed by atoms with Gasteiger partial charge in [-0.3, -0.25) is 0 Å². The number of thiazole rings is 1. The van der Waals surface area contributed by atoms with E-state index in [-0.39, 0.29) is 0 Å². The number of hydrogen-bond acceptors (Lipinski definition) is 4. The van der Waals surface area contributed by atoms with E-state index in [0.29, 0.717) is 6.54 Å². The van der Waals surface area contributed by atoms with E-state index in [4.69, 9.17) is 4.99 Å². The molecule has 0 unspecified atom stereocenters. The zero-order chi connectivity index (χ0) is 18.9. The monoisotopic (exact) mass is 373 g/mol. The molecule has 5 nitrogen and oxygen atoms in total. The lowest BCUT2D eigenvalue weighted by Gasteiger charge is -2.13. The van der Waals surface area contributed by atoms with Gasteiger partial charge in [0.25, 0.3) is 0 Å². The molecule has 2 N–H and O–H groups in total. The minimum atomic E-state index is 0.679. The largest absolute Gasteiger partial charge is 0.378 e. The fourth-order valence-electron chi connectivity index (χ4n) is 2.67. The predicted molar refractivity (Wildman–Crippen MR) is 113 cm³/mol. The molecule has 0 fully saturated rings. The van der Waals surface area contributed by atoms with Gasteiger partial charge in [-0.15, -0.1) is 11.3 Å². The number of anilines is 1. The van der Waals surface area contributed by atoms with Crippen molar-refractivity contribution in [3.05, 3.63) is 45.4 Å². The lowest BCUT2D eigenvalue weighted by Crippen LogP contribution is -2.37. The molecule has 1 aromatic heterocycles. The summed E-state index contributed by atoms with van der Waals surface area (Å²) >= 11 is 1.73. The van der Waals surface area contributed by atoms with Gasteiger partial charge >= 0.3 is 0 Å². The van der Waals surface area contributed by atoms with Gasteiger partial charge in [-0.25, -0.2) is 9.98 Å². The molecule has 0 amide bonds. The summed E-state index contributed by atoms with van der Waals surface area (Å²) in [4.78, 5) is 12.5. The third-order valence-electron chi connectivity index (χ3n) is 4.11. The summed E-state index contributed by atoms with van der Waals surface area (Å²) in [6, 6.07) is 8.77. The maximum Gasteiger partial charge on any atom is 0.191 e. The number of nitrogens with zero attached hydrogens (tertiary/aromatic N) is 3. The fraction of sp³-hybridized carbons (Fsp3) is 0.500. The molecule has 0 saturated heterocycles. The first-order chi connectivity index (χ1) is 12.5. The van der Waals surface area contributed by atoms with Crippen molar-refractivity contribution in [1.82, 2.24) is 15.6 Å². The standard InChI is InChI=1S/C20H31N5S/c1-6-21-20(23-14-19-15(2)24-16(3)26-19)22-13-7-8-17-9-11-18(12-10-17)25(4)5/h9-12H,6-8,13-14H2,1-5H3,(H2,21,22,23). The normalized spacial score (nSPS) is 11.5. The van der Waals surface area contributed by atoms with E-state index >= 15 is 0 Å². The molecular weight excluding hydrogens is 342 g/mol. The summed E-state index contributed by atoms with van der Waals surface area (Å²) in [6.45, 7) is 8.63. The molecule has 2 aromatic rings. The summed E-state index contributed by atoms with van der Waals surface area (Å²) in [5.74, 6) is 0.876. The van der Waals surface area contributed by atoms with E-state index in [1.807, 2.05) is 6.92 Å². The van der Waals surface area contributed by atoms with Crippen LogP contribution in [0.3, 0.4) is 0 Å². The Hall–Kier alpha value is -2.08. The Bertz CT molecular complexity index is 703. The van der Waals surface area contributed by atoms with Gasteiger partial charge in [0.1, 0.15) is 0 Å². The van der Waals surface area contributed by atoms with E-state index < -0.39 is 0 Å². The Morgan fingerprint density at radius 1 is 1.15 bits per heavy atom. The van der Waals surface area contributed by atoms with Gasteiger partial charge in [-0.1, -0.05) is 12.1 Å².